The van der Waals surface area contributed by atoms with Crippen molar-refractivity contribution >= 4 is 33.5 Å². The van der Waals surface area contributed by atoms with E-state index in [1.54, 1.807) is 12.2 Å². The number of alkyl halides is 1. The molecule has 6 heteroatoms. The molecule has 0 spiro atoms. The van der Waals surface area contributed by atoms with E-state index in [1.165, 1.54) is 6.92 Å². The maximum atomic E-state index is 13.0. The second-order valence-electron chi connectivity index (χ2n) is 10.3. The summed E-state index contributed by atoms with van der Waals surface area (Å²) in [7, 11) is 0. The Kier molecular flexibility index (Phi) is 5.21. The summed E-state index contributed by atoms with van der Waals surface area (Å²) in [5.41, 5.74) is -1.06. The Morgan fingerprint density at radius 3 is 2.70 bits per heavy atom. The van der Waals surface area contributed by atoms with Gasteiger partial charge in [-0.25, -0.2) is 0 Å². The van der Waals surface area contributed by atoms with Crippen LogP contribution in [0.2, 0.25) is 0 Å². The number of ketones is 2. The molecule has 0 aromatic carbocycles. The van der Waals surface area contributed by atoms with Crippen LogP contribution in [0.1, 0.15) is 53.4 Å². The molecule has 4 aliphatic carbocycles. The van der Waals surface area contributed by atoms with Gasteiger partial charge in [-0.3, -0.25) is 14.4 Å². The molecule has 8 atom stereocenters. The van der Waals surface area contributed by atoms with E-state index in [4.69, 9.17) is 4.74 Å². The first kappa shape index (κ1) is 21.9. The van der Waals surface area contributed by atoms with Gasteiger partial charge in [0.1, 0.15) is 5.60 Å². The molecule has 0 radical (unpaired) electrons. The van der Waals surface area contributed by atoms with Gasteiger partial charge in [-0.05, 0) is 67.1 Å². The fraction of sp³-hybridized carbons (Fsp3) is 0.708. The van der Waals surface area contributed by atoms with Crippen molar-refractivity contribution in [2.45, 2.75) is 63.8 Å². The third kappa shape index (κ3) is 2.93. The highest BCUT2D eigenvalue weighted by Gasteiger charge is 2.68. The minimum absolute atomic E-state index is 0.0463. The Morgan fingerprint density at radius 2 is 2.03 bits per heavy atom. The van der Waals surface area contributed by atoms with Gasteiger partial charge in [0.25, 0.3) is 0 Å². The molecule has 0 saturated heterocycles. The molecule has 0 aliphatic heterocycles. The predicted molar refractivity (Wildman–Crippen MR) is 116 cm³/mol. The van der Waals surface area contributed by atoms with Crippen LogP contribution in [-0.2, 0) is 19.1 Å². The zero-order valence-electron chi connectivity index (χ0n) is 18.1. The first-order valence-corrected chi connectivity index (χ1v) is 11.8. The molecule has 4 aliphatic rings. The van der Waals surface area contributed by atoms with E-state index >= 15 is 0 Å². The smallest absolute Gasteiger partial charge is 0.303 e. The summed E-state index contributed by atoms with van der Waals surface area (Å²) >= 11 is 3.85. The maximum absolute atomic E-state index is 13.0. The molecule has 3 fully saturated rings. The molecular formula is C24H31BrO5. The van der Waals surface area contributed by atoms with Gasteiger partial charge in [-0.1, -0.05) is 42.8 Å². The van der Waals surface area contributed by atoms with Crippen molar-refractivity contribution in [1.29, 1.82) is 0 Å². The average Bonchev–Trinajstić information content (AvgIpc) is 2.93. The van der Waals surface area contributed by atoms with Crippen LogP contribution in [0.25, 0.3) is 0 Å². The molecule has 0 heterocycles. The number of hydrogen-bond acceptors (Lipinski definition) is 5. The van der Waals surface area contributed by atoms with E-state index in [9.17, 15) is 19.5 Å². The topological polar surface area (TPSA) is 80.7 Å². The molecule has 0 aromatic rings. The summed E-state index contributed by atoms with van der Waals surface area (Å²) in [5, 5.41) is 11.6. The van der Waals surface area contributed by atoms with Crippen LogP contribution < -0.4 is 0 Å². The molecule has 0 amide bonds. The van der Waals surface area contributed by atoms with Crippen molar-refractivity contribution < 1.29 is 24.2 Å². The van der Waals surface area contributed by atoms with Crippen LogP contribution in [-0.4, -0.2) is 39.7 Å². The number of esters is 1. The number of ether oxygens (including phenoxy) is 1. The monoisotopic (exact) mass is 478 g/mol. The van der Waals surface area contributed by atoms with Gasteiger partial charge in [0.15, 0.2) is 12.4 Å². The normalized spacial score (nSPS) is 47.1. The summed E-state index contributed by atoms with van der Waals surface area (Å²) in [6.07, 6.45) is 8.39. The number of hydrogen-bond donors (Lipinski definition) is 1. The Bertz CT molecular complexity index is 862. The van der Waals surface area contributed by atoms with Gasteiger partial charge >= 0.3 is 5.97 Å². The Hall–Kier alpha value is -1.27. The number of aliphatic hydroxyl groups is 1. The van der Waals surface area contributed by atoms with Crippen LogP contribution in [0, 0.1) is 34.5 Å². The van der Waals surface area contributed by atoms with Crippen molar-refractivity contribution in [3.05, 3.63) is 23.8 Å². The van der Waals surface area contributed by atoms with Gasteiger partial charge < -0.3 is 9.84 Å². The van der Waals surface area contributed by atoms with Crippen LogP contribution in [0.3, 0.4) is 0 Å². The number of allylic oxidation sites excluding steroid dienone is 4. The number of halogens is 1. The van der Waals surface area contributed by atoms with Crippen molar-refractivity contribution in [1.82, 2.24) is 0 Å². The van der Waals surface area contributed by atoms with Crippen molar-refractivity contribution in [2.75, 3.05) is 6.61 Å². The predicted octanol–water partition coefficient (Wildman–Crippen LogP) is 3.78. The lowest BCUT2D eigenvalue weighted by Crippen LogP contribution is -2.61. The molecule has 164 valence electrons. The molecule has 4 rings (SSSR count). The minimum atomic E-state index is -1.47. The lowest BCUT2D eigenvalue weighted by Gasteiger charge is -2.61. The Labute approximate surface area is 186 Å². The van der Waals surface area contributed by atoms with Gasteiger partial charge in [0.2, 0.25) is 5.78 Å². The fourth-order valence-electron chi connectivity index (χ4n) is 7.65. The Morgan fingerprint density at radius 1 is 1.33 bits per heavy atom. The standard InChI is InChI=1S/C24H31BrO5/c1-13-11-23(4)17(6-8-24(23,29)20(28)12-30-14(2)26)16-10-19(25)18-9-15(27)5-7-22(18,3)21(13)16/h5,7,9,13,16-17,19,21,29H,6,8,10-12H2,1-4H3/t13?,16?,17?,19?,21?,22-,23-,24-/m0/s1. The highest BCUT2D eigenvalue weighted by molar-refractivity contribution is 9.09. The van der Waals surface area contributed by atoms with Crippen LogP contribution in [0.15, 0.2) is 23.8 Å². The quantitative estimate of drug-likeness (QED) is 0.493. The van der Waals surface area contributed by atoms with Crippen molar-refractivity contribution in [3.8, 4) is 0 Å². The lowest BCUT2D eigenvalue weighted by molar-refractivity contribution is -0.172. The molecule has 1 N–H and O–H groups in total. The molecule has 3 saturated carbocycles. The van der Waals surface area contributed by atoms with Crippen LogP contribution in [0.5, 0.6) is 0 Å². The van der Waals surface area contributed by atoms with Gasteiger partial charge in [0.05, 0.1) is 0 Å². The van der Waals surface area contributed by atoms with Gasteiger partial charge in [-0.2, -0.15) is 0 Å². The summed E-state index contributed by atoms with van der Waals surface area (Å²) in [6, 6.07) is 0. The van der Waals surface area contributed by atoms with E-state index < -0.39 is 17.0 Å². The minimum Gasteiger partial charge on any atom is -0.458 e. The highest BCUT2D eigenvalue weighted by Crippen LogP contribution is 2.69. The zero-order chi connectivity index (χ0) is 22.1. The van der Waals surface area contributed by atoms with E-state index in [0.29, 0.717) is 18.3 Å². The number of carbonyl (C=O) groups is 3. The van der Waals surface area contributed by atoms with E-state index in [0.717, 1.165) is 24.8 Å². The first-order valence-electron chi connectivity index (χ1n) is 10.9. The van der Waals surface area contributed by atoms with E-state index in [-0.39, 0.29) is 40.3 Å². The summed E-state index contributed by atoms with van der Waals surface area (Å²) in [4.78, 5) is 36.4. The molecule has 5 nitrogen and oxygen atoms in total. The number of carbonyl (C=O) groups excluding carboxylic acids is 3. The summed E-state index contributed by atoms with van der Waals surface area (Å²) in [6.45, 7) is 7.42. The summed E-state index contributed by atoms with van der Waals surface area (Å²) in [5.74, 6) is 0.316. The van der Waals surface area contributed by atoms with Crippen molar-refractivity contribution in [3.63, 3.8) is 0 Å². The van der Waals surface area contributed by atoms with Crippen LogP contribution in [0.4, 0.5) is 0 Å². The van der Waals surface area contributed by atoms with Crippen LogP contribution >= 0.6 is 15.9 Å². The van der Waals surface area contributed by atoms with Gasteiger partial charge in [-0.15, -0.1) is 0 Å². The molecule has 0 bridgehead atoms. The summed E-state index contributed by atoms with van der Waals surface area (Å²) < 4.78 is 4.95. The third-order valence-electron chi connectivity index (χ3n) is 8.81. The fourth-order valence-corrected chi connectivity index (χ4v) is 8.70. The average molecular weight is 479 g/mol. The second-order valence-corrected chi connectivity index (χ2v) is 11.4. The second kappa shape index (κ2) is 7.13. The number of rotatable bonds is 3. The largest absolute Gasteiger partial charge is 0.458 e. The molecule has 0 aromatic heterocycles. The highest BCUT2D eigenvalue weighted by atomic mass is 79.9. The van der Waals surface area contributed by atoms with E-state index in [1.807, 2.05) is 0 Å². The first-order chi connectivity index (χ1) is 13.9. The maximum Gasteiger partial charge on any atom is 0.303 e. The third-order valence-corrected chi connectivity index (χ3v) is 9.67. The zero-order valence-corrected chi connectivity index (χ0v) is 19.7. The number of Topliss-reactive ketones (excluding diaryl/α,β-unsaturated/α-hetero) is 1. The SMILES string of the molecule is CC(=O)OCC(=O)[C@@]1(O)CCC2C3CC(Br)C4=CC(=O)C=C[C@]4(C)C3C(C)C[C@@]21C. The van der Waals surface area contributed by atoms with E-state index in [2.05, 4.69) is 42.8 Å². The molecular weight excluding hydrogens is 448 g/mol. The Balaban J connectivity index is 1.70. The lowest BCUT2D eigenvalue weighted by atomic mass is 9.44. The molecule has 30 heavy (non-hydrogen) atoms. The van der Waals surface area contributed by atoms with Crippen molar-refractivity contribution in [2.24, 2.45) is 34.5 Å². The molecule has 5 unspecified atom stereocenters. The van der Waals surface area contributed by atoms with Gasteiger partial charge in [0, 0.05) is 22.6 Å². The number of fused-ring (bicyclic) bond motifs is 5.